The van der Waals surface area contributed by atoms with E-state index < -0.39 is 5.92 Å². The van der Waals surface area contributed by atoms with Crippen LogP contribution in [0.4, 0.5) is 8.78 Å². The lowest BCUT2D eigenvalue weighted by Gasteiger charge is -2.16. The Balaban J connectivity index is 2.16. The minimum atomic E-state index is -2.62. The number of alkyl halides is 2. The van der Waals surface area contributed by atoms with Gasteiger partial charge in [-0.2, -0.15) is 0 Å². The van der Waals surface area contributed by atoms with Crippen molar-refractivity contribution in [3.63, 3.8) is 0 Å². The molecule has 0 unspecified atom stereocenters. The second-order valence-corrected chi connectivity index (χ2v) is 4.67. The van der Waals surface area contributed by atoms with Crippen LogP contribution in [-0.2, 0) is 6.42 Å². The second kappa shape index (κ2) is 5.47. The smallest absolute Gasteiger partial charge is 0.207 e. The maximum absolute atomic E-state index is 13.7. The second-order valence-electron chi connectivity index (χ2n) is 4.67. The van der Waals surface area contributed by atoms with Crippen LogP contribution in [0.5, 0.6) is 0 Å². The molecule has 0 aliphatic heterocycles. The first-order valence-corrected chi connectivity index (χ1v) is 6.25. The molecule has 0 aliphatic rings. The highest BCUT2D eigenvalue weighted by Crippen LogP contribution is 2.27. The highest BCUT2D eigenvalue weighted by Gasteiger charge is 2.28. The van der Waals surface area contributed by atoms with E-state index in [0.29, 0.717) is 18.4 Å². The van der Waals surface area contributed by atoms with E-state index in [1.165, 1.54) is 0 Å². The van der Waals surface area contributed by atoms with Gasteiger partial charge in [0, 0.05) is 12.8 Å². The fraction of sp³-hybridized carbons (Fsp3) is 0.312. The van der Waals surface area contributed by atoms with Gasteiger partial charge in [0.25, 0.3) is 5.92 Å². The van der Waals surface area contributed by atoms with Gasteiger partial charge in [0.15, 0.2) is 0 Å². The van der Waals surface area contributed by atoms with Crippen molar-refractivity contribution >= 4 is 10.8 Å². The molecular formula is C16H17F2. The van der Waals surface area contributed by atoms with Gasteiger partial charge in [0.2, 0.25) is 0 Å². The average molecular weight is 247 g/mol. The van der Waals surface area contributed by atoms with Gasteiger partial charge < -0.3 is 0 Å². The Labute approximate surface area is 107 Å². The molecule has 2 aromatic rings. The van der Waals surface area contributed by atoms with Crippen LogP contribution in [0.25, 0.3) is 10.8 Å². The van der Waals surface area contributed by atoms with Crippen molar-refractivity contribution in [1.29, 1.82) is 0 Å². The normalized spacial score (nSPS) is 11.9. The molecule has 0 spiro atoms. The monoisotopic (exact) mass is 247 g/mol. The van der Waals surface area contributed by atoms with E-state index in [0.717, 1.165) is 10.8 Å². The fourth-order valence-electron chi connectivity index (χ4n) is 2.12. The molecular weight excluding hydrogens is 230 g/mol. The van der Waals surface area contributed by atoms with Crippen molar-refractivity contribution in [2.24, 2.45) is 0 Å². The molecule has 2 heteroatoms. The number of fused-ring (bicyclic) bond motifs is 1. The van der Waals surface area contributed by atoms with Gasteiger partial charge >= 0.3 is 0 Å². The summed E-state index contributed by atoms with van der Waals surface area (Å²) in [6.45, 7) is 3.60. The minimum absolute atomic E-state index is 0.0800. The molecule has 0 aliphatic carbocycles. The highest BCUT2D eigenvalue weighted by molar-refractivity contribution is 5.82. The molecule has 0 amide bonds. The molecule has 0 atom stereocenters. The number of halogens is 2. The summed E-state index contributed by atoms with van der Waals surface area (Å²) in [7, 11) is 0. The number of benzene rings is 2. The van der Waals surface area contributed by atoms with E-state index >= 15 is 0 Å². The van der Waals surface area contributed by atoms with Crippen LogP contribution in [0.2, 0.25) is 0 Å². The van der Waals surface area contributed by atoms with Gasteiger partial charge in [-0.15, -0.1) is 0 Å². The van der Waals surface area contributed by atoms with E-state index in [2.05, 4.69) is 6.92 Å². The molecule has 0 fully saturated rings. The van der Waals surface area contributed by atoms with E-state index in [9.17, 15) is 8.78 Å². The van der Waals surface area contributed by atoms with Crippen molar-refractivity contribution in [2.45, 2.75) is 31.6 Å². The summed E-state index contributed by atoms with van der Waals surface area (Å²) in [6, 6.07) is 13.4. The van der Waals surface area contributed by atoms with Crippen LogP contribution < -0.4 is 0 Å². The number of unbranched alkanes of at least 4 members (excludes halogenated alkanes) is 1. The molecule has 18 heavy (non-hydrogen) atoms. The van der Waals surface area contributed by atoms with Gasteiger partial charge in [-0.3, -0.25) is 0 Å². The molecule has 0 heterocycles. The first kappa shape index (κ1) is 13.0. The minimum Gasteiger partial charge on any atom is -0.207 e. The van der Waals surface area contributed by atoms with Crippen LogP contribution in [0, 0.1) is 6.92 Å². The molecule has 2 rings (SSSR count). The Bertz CT molecular complexity index is 517. The van der Waals surface area contributed by atoms with Crippen LogP contribution >= 0.6 is 0 Å². The van der Waals surface area contributed by atoms with Crippen LogP contribution in [0.15, 0.2) is 42.5 Å². The Morgan fingerprint density at radius 1 is 1.00 bits per heavy atom. The van der Waals surface area contributed by atoms with E-state index in [-0.39, 0.29) is 12.8 Å². The first-order chi connectivity index (χ1) is 8.61. The van der Waals surface area contributed by atoms with E-state index in [4.69, 9.17) is 0 Å². The van der Waals surface area contributed by atoms with E-state index in [1.807, 2.05) is 36.4 Å². The van der Waals surface area contributed by atoms with Gasteiger partial charge in [-0.1, -0.05) is 55.8 Å². The molecule has 1 radical (unpaired) electrons. The lowest BCUT2D eigenvalue weighted by atomic mass is 10.00. The van der Waals surface area contributed by atoms with Crippen molar-refractivity contribution < 1.29 is 8.78 Å². The summed E-state index contributed by atoms with van der Waals surface area (Å²) >= 11 is 0. The maximum atomic E-state index is 13.7. The summed E-state index contributed by atoms with van der Waals surface area (Å²) in [4.78, 5) is 0. The number of rotatable bonds is 5. The van der Waals surface area contributed by atoms with Gasteiger partial charge in [0.1, 0.15) is 0 Å². The molecule has 2 aromatic carbocycles. The third kappa shape index (κ3) is 3.28. The first-order valence-electron chi connectivity index (χ1n) is 6.25. The summed E-state index contributed by atoms with van der Waals surface area (Å²) in [5, 5.41) is 2.10. The summed E-state index contributed by atoms with van der Waals surface area (Å²) in [6.07, 6.45) is 0.773. The predicted octanol–water partition coefficient (Wildman–Crippen LogP) is 5.02. The predicted molar refractivity (Wildman–Crippen MR) is 71.8 cm³/mol. The molecule has 0 aromatic heterocycles. The molecule has 95 valence electrons. The Morgan fingerprint density at radius 3 is 2.44 bits per heavy atom. The van der Waals surface area contributed by atoms with Crippen molar-refractivity contribution in [2.75, 3.05) is 0 Å². The largest absolute Gasteiger partial charge is 0.252 e. The van der Waals surface area contributed by atoms with Crippen molar-refractivity contribution in [1.82, 2.24) is 0 Å². The molecule has 0 N–H and O–H groups in total. The van der Waals surface area contributed by atoms with Crippen LogP contribution in [0.3, 0.4) is 0 Å². The van der Waals surface area contributed by atoms with Gasteiger partial charge in [-0.25, -0.2) is 8.78 Å². The average Bonchev–Trinajstić information content (AvgIpc) is 2.36. The summed E-state index contributed by atoms with van der Waals surface area (Å²) in [5.41, 5.74) is 0.697. The van der Waals surface area contributed by atoms with Crippen molar-refractivity contribution in [3.8, 4) is 0 Å². The quantitative estimate of drug-likeness (QED) is 0.695. The Morgan fingerprint density at radius 2 is 1.72 bits per heavy atom. The standard InChI is InChI=1S/C16H17F2/c1-2-3-10-16(17,18)12-13-8-9-14-6-4-5-7-15(14)11-13/h4-9,11H,1-3,10,12H2. The molecule has 0 nitrogen and oxygen atoms in total. The topological polar surface area (TPSA) is 0 Å². The number of hydrogen-bond acceptors (Lipinski definition) is 0. The summed E-state index contributed by atoms with van der Waals surface area (Å²) in [5.74, 6) is -2.62. The van der Waals surface area contributed by atoms with Crippen LogP contribution in [0.1, 0.15) is 24.8 Å². The Kier molecular flexibility index (Phi) is 3.95. The fourth-order valence-corrected chi connectivity index (χ4v) is 2.12. The van der Waals surface area contributed by atoms with Gasteiger partial charge in [0.05, 0.1) is 0 Å². The van der Waals surface area contributed by atoms with Crippen LogP contribution in [-0.4, -0.2) is 5.92 Å². The molecule has 0 saturated heterocycles. The van der Waals surface area contributed by atoms with Gasteiger partial charge in [-0.05, 0) is 22.8 Å². The Hall–Kier alpha value is -1.44. The third-order valence-electron chi connectivity index (χ3n) is 3.07. The maximum Gasteiger partial charge on any atom is 0.252 e. The zero-order valence-electron chi connectivity index (χ0n) is 10.3. The van der Waals surface area contributed by atoms with E-state index in [1.54, 1.807) is 6.07 Å². The lowest BCUT2D eigenvalue weighted by molar-refractivity contribution is -0.00869. The molecule has 0 bridgehead atoms. The highest BCUT2D eigenvalue weighted by atomic mass is 19.3. The zero-order chi connectivity index (χ0) is 13.0. The SMILES string of the molecule is [CH2]CCCC(F)(F)Cc1ccc2ccccc2c1. The number of hydrogen-bond donors (Lipinski definition) is 0. The zero-order valence-corrected chi connectivity index (χ0v) is 10.3. The summed E-state index contributed by atoms with van der Waals surface area (Å²) < 4.78 is 27.3. The lowest BCUT2D eigenvalue weighted by Crippen LogP contribution is -2.19. The van der Waals surface area contributed by atoms with Crippen molar-refractivity contribution in [3.05, 3.63) is 55.0 Å². The third-order valence-corrected chi connectivity index (χ3v) is 3.07. The molecule has 0 saturated carbocycles.